The van der Waals surface area contributed by atoms with Gasteiger partial charge in [-0.2, -0.15) is 8.60 Å². The molecule has 0 radical (unpaired) electrons. The van der Waals surface area contributed by atoms with Crippen molar-refractivity contribution in [2.45, 2.75) is 13.8 Å². The van der Waals surface area contributed by atoms with Crippen molar-refractivity contribution in [2.24, 2.45) is 5.92 Å². The van der Waals surface area contributed by atoms with Crippen LogP contribution >= 0.6 is 8.60 Å². The van der Waals surface area contributed by atoms with E-state index in [4.69, 9.17) is 0 Å². The van der Waals surface area contributed by atoms with Gasteiger partial charge in [0, 0.05) is 6.61 Å². The van der Waals surface area contributed by atoms with E-state index in [1.165, 1.54) is 0 Å². The summed E-state index contributed by atoms with van der Waals surface area (Å²) in [5.41, 5.74) is 0. The fourth-order valence-electron chi connectivity index (χ4n) is 0.210. The Kier molecular flexibility index (Phi) is 9.67. The van der Waals surface area contributed by atoms with E-state index in [0.29, 0.717) is 6.61 Å². The molecular formula is C4H9AlO3P+. The molecule has 0 heterocycles. The third-order valence-electron chi connectivity index (χ3n) is 0.513. The predicted octanol–water partition coefficient (Wildman–Crippen LogP) is -0.774. The van der Waals surface area contributed by atoms with E-state index in [1.807, 2.05) is 13.8 Å². The first kappa shape index (κ1) is 12.5. The molecule has 0 unspecified atom stereocenters. The smallest absolute Gasteiger partial charge is 0.820 e. The van der Waals surface area contributed by atoms with Crippen molar-refractivity contribution < 1.29 is 14.3 Å². The molecule has 0 amide bonds. The van der Waals surface area contributed by atoms with Crippen molar-refractivity contribution >= 4 is 26.0 Å². The van der Waals surface area contributed by atoms with E-state index in [2.05, 4.69) is 4.52 Å². The van der Waals surface area contributed by atoms with Gasteiger partial charge in [0.05, 0.1) is 0 Å². The Balaban J connectivity index is 0. The minimum Gasteiger partial charge on any atom is -0.820 e. The standard InChI is InChI=1S/C4H9O3P.Al/c1-4(2)3-7-8(5)6;/h4H,3H2,1-2H3;/q-2;+3. The molecule has 0 saturated heterocycles. The second-order valence-corrected chi connectivity index (χ2v) is 2.62. The summed E-state index contributed by atoms with van der Waals surface area (Å²) < 4.78 is 4.26. The summed E-state index contributed by atoms with van der Waals surface area (Å²) in [6.07, 6.45) is 0. The Bertz CT molecular complexity index is 51.8. The molecule has 0 fully saturated rings. The molecule has 0 aromatic heterocycles. The summed E-state index contributed by atoms with van der Waals surface area (Å²) in [6, 6.07) is 0. The summed E-state index contributed by atoms with van der Waals surface area (Å²) in [7, 11) is -2.63. The Labute approximate surface area is 67.2 Å². The molecular weight excluding hydrogens is 154 g/mol. The Morgan fingerprint density at radius 2 is 1.89 bits per heavy atom. The van der Waals surface area contributed by atoms with Crippen LogP contribution in [0.25, 0.3) is 0 Å². The number of rotatable bonds is 3. The van der Waals surface area contributed by atoms with Gasteiger partial charge in [-0.1, -0.05) is 13.8 Å². The van der Waals surface area contributed by atoms with Crippen LogP contribution in [0.1, 0.15) is 13.8 Å². The number of hydrogen-bond donors (Lipinski definition) is 0. The van der Waals surface area contributed by atoms with Crippen molar-refractivity contribution in [1.29, 1.82) is 0 Å². The zero-order valence-electron chi connectivity index (χ0n) is 5.53. The topological polar surface area (TPSA) is 55.3 Å². The van der Waals surface area contributed by atoms with Crippen LogP contribution in [0.3, 0.4) is 0 Å². The average Bonchev–Trinajstić information content (AvgIpc) is 1.61. The molecule has 0 saturated carbocycles. The van der Waals surface area contributed by atoms with Crippen molar-refractivity contribution in [2.75, 3.05) is 6.61 Å². The summed E-state index contributed by atoms with van der Waals surface area (Å²) in [5.74, 6) is 0.280. The molecule has 0 aromatic carbocycles. The summed E-state index contributed by atoms with van der Waals surface area (Å²) in [4.78, 5) is 19.4. The van der Waals surface area contributed by atoms with Gasteiger partial charge in [-0.25, -0.2) is 0 Å². The van der Waals surface area contributed by atoms with Crippen LogP contribution in [0.4, 0.5) is 0 Å². The van der Waals surface area contributed by atoms with Crippen LogP contribution in [0, 0.1) is 5.92 Å². The summed E-state index contributed by atoms with van der Waals surface area (Å²) in [5, 5.41) is 0. The van der Waals surface area contributed by atoms with Gasteiger partial charge in [0.15, 0.2) is 0 Å². The molecule has 0 aliphatic carbocycles. The first-order chi connectivity index (χ1) is 3.63. The van der Waals surface area contributed by atoms with Crippen LogP contribution in [0.2, 0.25) is 0 Å². The fourth-order valence-corrected chi connectivity index (χ4v) is 0.630. The molecule has 5 heteroatoms. The van der Waals surface area contributed by atoms with Crippen LogP contribution in [-0.4, -0.2) is 24.0 Å². The summed E-state index contributed by atoms with van der Waals surface area (Å²) in [6.45, 7) is 4.07. The quantitative estimate of drug-likeness (QED) is 0.405. The second-order valence-electron chi connectivity index (χ2n) is 1.91. The molecule has 9 heavy (non-hydrogen) atoms. The largest absolute Gasteiger partial charge is 3.00 e. The normalized spacial score (nSPS) is 10.0. The van der Waals surface area contributed by atoms with Gasteiger partial charge in [0.2, 0.25) is 0 Å². The average molecular weight is 163 g/mol. The molecule has 0 N–H and O–H groups in total. The first-order valence-corrected chi connectivity index (χ1v) is 3.49. The maximum Gasteiger partial charge on any atom is 3.00 e. The van der Waals surface area contributed by atoms with E-state index in [0.717, 1.165) is 0 Å². The SMILES string of the molecule is CC(C)COP([O-])[O-].[Al+3]. The van der Waals surface area contributed by atoms with Crippen molar-refractivity contribution in [3.63, 3.8) is 0 Å². The minimum absolute atomic E-state index is 0. The van der Waals surface area contributed by atoms with E-state index in [9.17, 15) is 9.79 Å². The molecule has 0 rings (SSSR count). The fraction of sp³-hybridized carbons (Fsp3) is 1.00. The monoisotopic (exact) mass is 163 g/mol. The van der Waals surface area contributed by atoms with Gasteiger partial charge in [-0.3, -0.25) is 0 Å². The van der Waals surface area contributed by atoms with Crippen molar-refractivity contribution in [3.8, 4) is 0 Å². The third-order valence-corrected chi connectivity index (χ3v) is 0.873. The molecule has 3 nitrogen and oxygen atoms in total. The predicted molar refractivity (Wildman–Crippen MR) is 33.5 cm³/mol. The molecule has 0 spiro atoms. The van der Waals surface area contributed by atoms with Crippen molar-refractivity contribution in [3.05, 3.63) is 0 Å². The van der Waals surface area contributed by atoms with E-state index in [1.54, 1.807) is 0 Å². The van der Waals surface area contributed by atoms with Crippen LogP contribution < -0.4 is 9.79 Å². The van der Waals surface area contributed by atoms with E-state index in [-0.39, 0.29) is 23.3 Å². The van der Waals surface area contributed by atoms with Crippen LogP contribution in [-0.2, 0) is 4.52 Å². The van der Waals surface area contributed by atoms with Gasteiger partial charge in [0.1, 0.15) is 0 Å². The molecule has 0 bridgehead atoms. The van der Waals surface area contributed by atoms with Gasteiger partial charge < -0.3 is 14.3 Å². The number of hydrogen-bond acceptors (Lipinski definition) is 3. The zero-order valence-corrected chi connectivity index (χ0v) is 7.58. The first-order valence-electron chi connectivity index (χ1n) is 2.40. The second kappa shape index (κ2) is 6.96. The zero-order chi connectivity index (χ0) is 6.57. The van der Waals surface area contributed by atoms with Crippen molar-refractivity contribution in [1.82, 2.24) is 0 Å². The van der Waals surface area contributed by atoms with Gasteiger partial charge >= 0.3 is 17.4 Å². The van der Waals surface area contributed by atoms with E-state index >= 15 is 0 Å². The maximum atomic E-state index is 9.72. The Hall–Kier alpha value is 0.842. The van der Waals surface area contributed by atoms with Gasteiger partial charge in [-0.15, -0.1) is 0 Å². The third kappa shape index (κ3) is 12.1. The van der Waals surface area contributed by atoms with Crippen LogP contribution in [0.5, 0.6) is 0 Å². The van der Waals surface area contributed by atoms with E-state index < -0.39 is 8.60 Å². The molecule has 50 valence electrons. The summed E-state index contributed by atoms with van der Waals surface area (Å²) >= 11 is 0. The Morgan fingerprint density at radius 1 is 1.44 bits per heavy atom. The molecule has 0 aliphatic rings. The molecule has 0 atom stereocenters. The minimum atomic E-state index is -2.63. The van der Waals surface area contributed by atoms with Crippen LogP contribution in [0.15, 0.2) is 0 Å². The molecule has 0 aliphatic heterocycles. The Morgan fingerprint density at radius 3 is 2.00 bits per heavy atom. The maximum absolute atomic E-state index is 9.72. The molecule has 0 aromatic rings. The van der Waals surface area contributed by atoms with Gasteiger partial charge in [-0.05, 0) is 5.92 Å². The van der Waals surface area contributed by atoms with Gasteiger partial charge in [0.25, 0.3) is 0 Å².